The van der Waals surface area contributed by atoms with E-state index in [4.69, 9.17) is 0 Å². The van der Waals surface area contributed by atoms with Gasteiger partial charge in [0.05, 0.1) is 0 Å². The van der Waals surface area contributed by atoms with Gasteiger partial charge in [0, 0.05) is 0 Å². The summed E-state index contributed by atoms with van der Waals surface area (Å²) in [4.78, 5) is 9.74. The van der Waals surface area contributed by atoms with E-state index in [9.17, 15) is 4.79 Å². The van der Waals surface area contributed by atoms with Crippen LogP contribution in [-0.4, -0.2) is 27.3 Å². The SMILES string of the molecule is O=C[C]1=[Ga][CH]=C1. The van der Waals surface area contributed by atoms with E-state index in [1.165, 1.54) is 0 Å². The predicted molar refractivity (Wildman–Crippen MR) is 26.0 cm³/mol. The molecule has 2 heteroatoms. The first kappa shape index (κ1) is 4.09. The third-order valence-electron chi connectivity index (χ3n) is 0.713. The molecule has 1 nitrogen and oxygen atoms in total. The van der Waals surface area contributed by atoms with Gasteiger partial charge in [0.25, 0.3) is 0 Å². The fraction of sp³-hybridized carbons (Fsp3) is 0. The molecule has 0 unspecified atom stereocenters. The molecule has 1 heterocycles. The molecule has 6 heavy (non-hydrogen) atoms. The van der Waals surface area contributed by atoms with Crippen LogP contribution in [0.4, 0.5) is 0 Å². The summed E-state index contributed by atoms with van der Waals surface area (Å²) >= 11 is -0.237. The Balaban J connectivity index is 2.57. The van der Waals surface area contributed by atoms with Gasteiger partial charge in [-0.2, -0.15) is 0 Å². The van der Waals surface area contributed by atoms with Gasteiger partial charge in [0.15, 0.2) is 0 Å². The third-order valence-corrected chi connectivity index (χ3v) is 3.02. The van der Waals surface area contributed by atoms with Crippen LogP contribution in [0, 0.1) is 0 Å². The molecule has 0 aromatic rings. The minimum absolute atomic E-state index is 0.237. The monoisotopic (exact) mass is 136 g/mol. The van der Waals surface area contributed by atoms with Crippen molar-refractivity contribution < 1.29 is 4.79 Å². The Morgan fingerprint density at radius 3 is 2.50 bits per heavy atom. The molecule has 0 saturated carbocycles. The summed E-state index contributed by atoms with van der Waals surface area (Å²) in [5.41, 5.74) is 0. The van der Waals surface area contributed by atoms with Gasteiger partial charge in [-0.15, -0.1) is 0 Å². The number of aldehydes is 1. The van der Waals surface area contributed by atoms with Gasteiger partial charge < -0.3 is 0 Å². The quantitative estimate of drug-likeness (QED) is 0.354. The molecule has 0 aromatic heterocycles. The number of hydrogen-bond acceptors (Lipinski definition) is 1. The average molecular weight is 137 g/mol. The van der Waals surface area contributed by atoms with Crippen molar-refractivity contribution in [2.45, 2.75) is 0 Å². The molecule has 0 fully saturated rings. The Morgan fingerprint density at radius 2 is 2.50 bits per heavy atom. The maximum atomic E-state index is 9.74. The number of hydrogen-bond donors (Lipinski definition) is 0. The molecular weight excluding hydrogens is 134 g/mol. The van der Waals surface area contributed by atoms with Gasteiger partial charge in [-0.3, -0.25) is 0 Å². The summed E-state index contributed by atoms with van der Waals surface area (Å²) in [7, 11) is 0. The molecule has 0 radical (unpaired) electrons. The van der Waals surface area contributed by atoms with Crippen molar-refractivity contribution in [1.29, 1.82) is 0 Å². The summed E-state index contributed by atoms with van der Waals surface area (Å²) in [6.45, 7) is 0. The molecule has 0 atom stereocenters. The van der Waals surface area contributed by atoms with E-state index in [1.807, 2.05) is 6.08 Å². The van der Waals surface area contributed by atoms with E-state index in [0.717, 1.165) is 10.4 Å². The van der Waals surface area contributed by atoms with Crippen molar-refractivity contribution in [3.8, 4) is 0 Å². The Kier molecular flexibility index (Phi) is 1.07. The Labute approximate surface area is 43.3 Å². The van der Waals surface area contributed by atoms with Gasteiger partial charge in [-0.05, 0) is 0 Å². The second-order valence-corrected chi connectivity index (χ2v) is 4.05. The van der Waals surface area contributed by atoms with Gasteiger partial charge in [0.2, 0.25) is 0 Å². The second-order valence-electron chi connectivity index (χ2n) is 1.14. The van der Waals surface area contributed by atoms with Gasteiger partial charge in [-0.25, -0.2) is 0 Å². The van der Waals surface area contributed by atoms with Gasteiger partial charge in [0.1, 0.15) is 0 Å². The Hall–Kier alpha value is -0.0836. The van der Waals surface area contributed by atoms with Crippen molar-refractivity contribution >= 4 is 27.3 Å². The molecule has 0 aliphatic carbocycles. The molecular formula is C4H3GaO. The van der Waals surface area contributed by atoms with Gasteiger partial charge in [-0.1, -0.05) is 0 Å². The maximum absolute atomic E-state index is 9.74. The first-order chi connectivity index (χ1) is 2.93. The third kappa shape index (κ3) is 0.532. The molecule has 0 aromatic carbocycles. The van der Waals surface area contributed by atoms with E-state index < -0.39 is 0 Å². The van der Waals surface area contributed by atoms with Crippen LogP contribution in [0.3, 0.4) is 0 Å². The molecule has 0 saturated heterocycles. The van der Waals surface area contributed by atoms with Crippen LogP contribution in [0.25, 0.3) is 0 Å². The van der Waals surface area contributed by atoms with Crippen molar-refractivity contribution in [2.75, 3.05) is 0 Å². The summed E-state index contributed by atoms with van der Waals surface area (Å²) in [6, 6.07) is 0. The first-order valence-electron chi connectivity index (χ1n) is 1.77. The second kappa shape index (κ2) is 1.58. The van der Waals surface area contributed by atoms with Crippen LogP contribution in [0.15, 0.2) is 10.7 Å². The van der Waals surface area contributed by atoms with Crippen LogP contribution in [0.2, 0.25) is 0 Å². The van der Waals surface area contributed by atoms with Crippen molar-refractivity contribution in [3.63, 3.8) is 0 Å². The van der Waals surface area contributed by atoms with E-state index in [2.05, 4.69) is 4.63 Å². The molecule has 0 amide bonds. The van der Waals surface area contributed by atoms with Crippen molar-refractivity contribution in [1.82, 2.24) is 0 Å². The molecule has 28 valence electrons. The standard InChI is InChI=1S/C4H3O.Ga/c1-2-3-4-5;/h1-2,4H;. The van der Waals surface area contributed by atoms with Crippen LogP contribution in [-0.2, 0) is 4.79 Å². The van der Waals surface area contributed by atoms with Crippen LogP contribution in [0.1, 0.15) is 0 Å². The fourth-order valence-corrected chi connectivity index (χ4v) is 1.32. The van der Waals surface area contributed by atoms with Crippen LogP contribution in [0.5, 0.6) is 0 Å². The van der Waals surface area contributed by atoms with Crippen LogP contribution >= 0.6 is 0 Å². The molecule has 1 aliphatic heterocycles. The first-order valence-corrected chi connectivity index (χ1v) is 4.38. The minimum atomic E-state index is -0.237. The number of carbonyl (C=O) groups excluding carboxylic acids is 1. The molecule has 1 rings (SSSR count). The molecule has 0 bridgehead atoms. The summed E-state index contributed by atoms with van der Waals surface area (Å²) in [5.74, 6) is 0. The zero-order valence-electron chi connectivity index (χ0n) is 3.22. The zero-order valence-corrected chi connectivity index (χ0v) is 5.64. The normalized spacial score (nSPS) is 14.3. The van der Waals surface area contributed by atoms with E-state index >= 15 is 0 Å². The molecule has 0 spiro atoms. The number of allylic oxidation sites excluding steroid dienone is 1. The molecule has 1 aliphatic rings. The van der Waals surface area contributed by atoms with E-state index in [0.29, 0.717) is 0 Å². The summed E-state index contributed by atoms with van der Waals surface area (Å²) < 4.78 is 3.19. The van der Waals surface area contributed by atoms with Gasteiger partial charge >= 0.3 is 42.8 Å². The van der Waals surface area contributed by atoms with Crippen molar-refractivity contribution in [2.24, 2.45) is 0 Å². The number of carbonyl (C=O) groups is 1. The van der Waals surface area contributed by atoms with Crippen molar-refractivity contribution in [3.05, 3.63) is 10.7 Å². The fourth-order valence-electron chi connectivity index (χ4n) is 0.286. The Morgan fingerprint density at radius 1 is 1.83 bits per heavy atom. The summed E-state index contributed by atoms with van der Waals surface area (Å²) in [6.07, 6.45) is 2.85. The van der Waals surface area contributed by atoms with E-state index in [-0.39, 0.29) is 17.0 Å². The van der Waals surface area contributed by atoms with Crippen LogP contribution < -0.4 is 0 Å². The topological polar surface area (TPSA) is 17.1 Å². The molecule has 0 N–H and O–H groups in total. The predicted octanol–water partition coefficient (Wildman–Crippen LogP) is -0.411. The number of rotatable bonds is 1. The zero-order chi connectivity index (χ0) is 4.41. The summed E-state index contributed by atoms with van der Waals surface area (Å²) in [5, 5.41) is 0. The average Bonchev–Trinajstić information content (AvgIpc) is 1.31. The van der Waals surface area contributed by atoms with E-state index in [1.54, 1.807) is 0 Å². The Bertz CT molecular complexity index is 120.